The molecule has 1 saturated heterocycles. The molecule has 17 heteroatoms. The number of fused-ring (bicyclic) bond motifs is 1. The zero-order valence-corrected chi connectivity index (χ0v) is 23.4. The molecule has 5 unspecified atom stereocenters. The third-order valence-electron chi connectivity index (χ3n) is 5.40. The van der Waals surface area contributed by atoms with Crippen molar-refractivity contribution < 1.29 is 69.6 Å². The summed E-state index contributed by atoms with van der Waals surface area (Å²) in [5.41, 5.74) is -2.76. The van der Waals surface area contributed by atoms with Crippen molar-refractivity contribution in [2.24, 2.45) is 0 Å². The maximum absolute atomic E-state index is 15.3. The number of ether oxygens (including phenoxy) is 6. The van der Waals surface area contributed by atoms with Gasteiger partial charge in [-0.15, -0.1) is 0 Å². The quantitative estimate of drug-likeness (QED) is 0.132. The highest BCUT2D eigenvalue weighted by atomic mass is 32.2. The summed E-state index contributed by atoms with van der Waals surface area (Å²) in [4.78, 5) is 49.9. The van der Waals surface area contributed by atoms with Gasteiger partial charge in [-0.05, 0) is 6.42 Å². The lowest BCUT2D eigenvalue weighted by atomic mass is 10.0. The average molecular weight is 626 g/mol. The van der Waals surface area contributed by atoms with Crippen LogP contribution in [0.4, 0.5) is 22.0 Å². The maximum atomic E-state index is 15.3. The number of esters is 4. The second kappa shape index (κ2) is 13.5. The Kier molecular flexibility index (Phi) is 10.5. The molecule has 3 rings (SSSR count). The number of halogens is 5. The minimum Gasteiger partial charge on any atom is -0.490 e. The smallest absolute Gasteiger partial charge is 0.305 e. The minimum absolute atomic E-state index is 0.112. The topological polar surface area (TPSA) is 137 Å². The number of rotatable bonds is 9. The lowest BCUT2D eigenvalue weighted by Gasteiger charge is -2.43. The molecule has 0 aliphatic carbocycles. The van der Waals surface area contributed by atoms with Crippen LogP contribution >= 0.6 is 11.8 Å². The molecule has 2 heterocycles. The molecule has 1 aromatic carbocycles. The Bertz CT molecular complexity index is 1410. The van der Waals surface area contributed by atoms with Gasteiger partial charge in [-0.1, -0.05) is 18.7 Å². The minimum atomic E-state index is -2.12. The Morgan fingerprint density at radius 3 is 1.86 bits per heavy atom. The van der Waals surface area contributed by atoms with Crippen LogP contribution in [0.3, 0.4) is 0 Å². The fourth-order valence-corrected chi connectivity index (χ4v) is 5.14. The zero-order chi connectivity index (χ0) is 31.5. The molecule has 1 fully saturated rings. The molecule has 1 aliphatic heterocycles. The number of hydrogen-bond acceptors (Lipinski definition) is 12. The van der Waals surface area contributed by atoms with E-state index in [9.17, 15) is 36.7 Å². The van der Waals surface area contributed by atoms with Crippen LogP contribution in [0.15, 0.2) is 4.90 Å². The molecule has 0 amide bonds. The summed E-state index contributed by atoms with van der Waals surface area (Å²) in [7, 11) is 0. The third kappa shape index (κ3) is 7.00. The monoisotopic (exact) mass is 625 g/mol. The number of pyridine rings is 1. The van der Waals surface area contributed by atoms with Crippen molar-refractivity contribution >= 4 is 46.5 Å². The van der Waals surface area contributed by atoms with Crippen molar-refractivity contribution in [3.8, 4) is 5.75 Å². The van der Waals surface area contributed by atoms with Gasteiger partial charge in [0.15, 0.2) is 40.8 Å². The van der Waals surface area contributed by atoms with Gasteiger partial charge in [0.2, 0.25) is 18.2 Å². The SMILES string of the molecule is CCCOc1c(F)c(F)nc2c(SC3OC(OC(C)=O)C(OC(C)=O)C(OC(C)=O)C3OC(C)=O)c(F)c(F)c(F)c12. The molecule has 1 aliphatic rings. The van der Waals surface area contributed by atoms with Crippen molar-refractivity contribution in [3.63, 3.8) is 0 Å². The van der Waals surface area contributed by atoms with Crippen LogP contribution < -0.4 is 4.74 Å². The van der Waals surface area contributed by atoms with Gasteiger partial charge >= 0.3 is 23.9 Å². The highest BCUT2D eigenvalue weighted by Gasteiger charge is 2.54. The molecule has 230 valence electrons. The standard InChI is InChI=1S/C25H24F5NO10S/c1-6-7-36-18-12-13(26)14(27)15(28)22(17(12)31-23(30)16(18)29)42-25-21(39-10(4)34)19(37-8(2)32)20(38-9(3)33)24(41-25)40-11(5)35/h19-21,24-25H,6-7H2,1-5H3. The maximum Gasteiger partial charge on any atom is 0.305 e. The number of carbonyl (C=O) groups excluding carboxylic acids is 4. The number of aromatic nitrogens is 1. The van der Waals surface area contributed by atoms with E-state index in [2.05, 4.69) is 4.98 Å². The highest BCUT2D eigenvalue weighted by Crippen LogP contribution is 2.44. The van der Waals surface area contributed by atoms with Crippen LogP contribution in [0.1, 0.15) is 41.0 Å². The van der Waals surface area contributed by atoms with Gasteiger partial charge < -0.3 is 28.4 Å². The van der Waals surface area contributed by atoms with Crippen molar-refractivity contribution in [1.29, 1.82) is 0 Å². The van der Waals surface area contributed by atoms with Gasteiger partial charge in [0.1, 0.15) is 0 Å². The first-order valence-electron chi connectivity index (χ1n) is 12.2. The highest BCUT2D eigenvalue weighted by molar-refractivity contribution is 8.00. The Balaban J connectivity index is 2.26. The lowest BCUT2D eigenvalue weighted by molar-refractivity contribution is -0.280. The summed E-state index contributed by atoms with van der Waals surface area (Å²) in [5, 5.41) is -1.05. The summed E-state index contributed by atoms with van der Waals surface area (Å²) >= 11 is 0.112. The van der Waals surface area contributed by atoms with Crippen molar-refractivity contribution in [1.82, 2.24) is 4.98 Å². The first-order valence-corrected chi connectivity index (χ1v) is 13.0. The van der Waals surface area contributed by atoms with E-state index in [4.69, 9.17) is 28.4 Å². The Labute approximate surface area is 238 Å². The number of benzene rings is 1. The molecule has 0 spiro atoms. The van der Waals surface area contributed by atoms with Gasteiger partial charge in [0.25, 0.3) is 5.95 Å². The first-order chi connectivity index (χ1) is 19.7. The van der Waals surface area contributed by atoms with E-state index in [1.54, 1.807) is 6.92 Å². The van der Waals surface area contributed by atoms with E-state index in [0.29, 0.717) is 0 Å². The Hall–Kier alpha value is -3.73. The van der Waals surface area contributed by atoms with E-state index in [1.165, 1.54) is 0 Å². The predicted octanol–water partition coefficient (Wildman–Crippen LogP) is 3.85. The summed E-state index contributed by atoms with van der Waals surface area (Å²) in [5.74, 6) is -14.6. The second-order valence-electron chi connectivity index (χ2n) is 8.71. The van der Waals surface area contributed by atoms with E-state index in [-0.39, 0.29) is 24.8 Å². The molecular weight excluding hydrogens is 601 g/mol. The number of thioether (sulfide) groups is 1. The largest absolute Gasteiger partial charge is 0.490 e. The van der Waals surface area contributed by atoms with Crippen LogP contribution in [-0.2, 0) is 42.9 Å². The second-order valence-corrected chi connectivity index (χ2v) is 9.82. The van der Waals surface area contributed by atoms with Gasteiger partial charge in [-0.2, -0.15) is 8.78 Å². The van der Waals surface area contributed by atoms with Crippen LogP contribution in [0.25, 0.3) is 10.9 Å². The van der Waals surface area contributed by atoms with E-state index in [0.717, 1.165) is 27.7 Å². The van der Waals surface area contributed by atoms with Gasteiger partial charge in [-0.25, -0.2) is 18.2 Å². The molecule has 0 bridgehead atoms. The van der Waals surface area contributed by atoms with Crippen LogP contribution in [0, 0.1) is 29.2 Å². The van der Waals surface area contributed by atoms with E-state index in [1.807, 2.05) is 0 Å². The van der Waals surface area contributed by atoms with E-state index >= 15 is 4.39 Å². The molecule has 0 saturated carbocycles. The first kappa shape index (κ1) is 32.8. The summed E-state index contributed by atoms with van der Waals surface area (Å²) < 4.78 is 105. The number of nitrogens with zero attached hydrogens (tertiary/aromatic N) is 1. The summed E-state index contributed by atoms with van der Waals surface area (Å²) in [6.07, 6.45) is -6.93. The van der Waals surface area contributed by atoms with Crippen LogP contribution in [0.2, 0.25) is 0 Å². The molecule has 2 aromatic rings. The van der Waals surface area contributed by atoms with Gasteiger partial charge in [0, 0.05) is 27.7 Å². The fraction of sp³-hybridized carbons (Fsp3) is 0.480. The molecule has 11 nitrogen and oxygen atoms in total. The summed E-state index contributed by atoms with van der Waals surface area (Å²) in [6, 6.07) is 0. The Morgan fingerprint density at radius 2 is 1.31 bits per heavy atom. The van der Waals surface area contributed by atoms with Crippen molar-refractivity contribution in [2.45, 2.75) is 76.0 Å². The average Bonchev–Trinajstić information content (AvgIpc) is 2.88. The summed E-state index contributed by atoms with van der Waals surface area (Å²) in [6.45, 7) is 5.09. The number of hydrogen-bond donors (Lipinski definition) is 0. The molecule has 42 heavy (non-hydrogen) atoms. The van der Waals surface area contributed by atoms with E-state index < -0.39 is 105 Å². The molecule has 1 aromatic heterocycles. The zero-order valence-electron chi connectivity index (χ0n) is 22.6. The lowest BCUT2D eigenvalue weighted by Crippen LogP contribution is -2.61. The molecule has 0 radical (unpaired) electrons. The fourth-order valence-electron chi connectivity index (χ4n) is 3.95. The molecule has 5 atom stereocenters. The predicted molar refractivity (Wildman–Crippen MR) is 130 cm³/mol. The van der Waals surface area contributed by atoms with Crippen molar-refractivity contribution in [3.05, 3.63) is 29.2 Å². The van der Waals surface area contributed by atoms with Gasteiger partial charge in [-0.3, -0.25) is 19.2 Å². The third-order valence-corrected chi connectivity index (χ3v) is 6.62. The molecule has 0 N–H and O–H groups in total. The Morgan fingerprint density at radius 1 is 0.762 bits per heavy atom. The van der Waals surface area contributed by atoms with Crippen LogP contribution in [-0.4, -0.2) is 65.5 Å². The molecular formula is C25H24F5NO10S. The van der Waals surface area contributed by atoms with Gasteiger partial charge in [0.05, 0.1) is 22.4 Å². The number of carbonyl (C=O) groups is 4. The van der Waals surface area contributed by atoms with Crippen LogP contribution in [0.5, 0.6) is 5.75 Å². The van der Waals surface area contributed by atoms with Crippen molar-refractivity contribution in [2.75, 3.05) is 6.61 Å². The normalized spacial score (nSPS) is 21.9.